The first-order valence-electron chi connectivity index (χ1n) is 8.04. The molecule has 134 valence electrons. The van der Waals surface area contributed by atoms with Gasteiger partial charge in [-0.2, -0.15) is 0 Å². The van der Waals surface area contributed by atoms with Crippen molar-refractivity contribution in [3.63, 3.8) is 0 Å². The van der Waals surface area contributed by atoms with Gasteiger partial charge in [0.05, 0.1) is 11.3 Å². The normalized spacial score (nSPS) is 15.9. The first-order chi connectivity index (χ1) is 12.4. The maximum Gasteiger partial charge on any atom is 0.305 e. The summed E-state index contributed by atoms with van der Waals surface area (Å²) in [5.41, 5.74) is 2.04. The maximum absolute atomic E-state index is 12.6. The van der Waals surface area contributed by atoms with Gasteiger partial charge in [0.1, 0.15) is 4.32 Å². The number of amides is 1. The van der Waals surface area contributed by atoms with Gasteiger partial charge < -0.3 is 10.0 Å². The number of nitrogens with zero attached hydrogens (tertiary/aromatic N) is 2. The van der Waals surface area contributed by atoms with Crippen LogP contribution in [0.5, 0.6) is 0 Å². The van der Waals surface area contributed by atoms with Gasteiger partial charge in [-0.25, -0.2) is 0 Å². The predicted octanol–water partition coefficient (Wildman–Crippen LogP) is 3.58. The largest absolute Gasteiger partial charge is 0.481 e. The van der Waals surface area contributed by atoms with Crippen molar-refractivity contribution >= 4 is 62.7 Å². The number of anilines is 1. The lowest BCUT2D eigenvalue weighted by atomic mass is 10.0. The van der Waals surface area contributed by atoms with Crippen LogP contribution in [0, 0.1) is 0 Å². The zero-order valence-corrected chi connectivity index (χ0v) is 16.1. The van der Waals surface area contributed by atoms with Crippen molar-refractivity contribution in [3.05, 3.63) is 46.9 Å². The molecule has 0 unspecified atom stereocenters. The molecule has 1 saturated heterocycles. The summed E-state index contributed by atoms with van der Waals surface area (Å²) in [6.45, 7) is 0.0949. The van der Waals surface area contributed by atoms with Crippen molar-refractivity contribution in [2.24, 2.45) is 0 Å². The summed E-state index contributed by atoms with van der Waals surface area (Å²) >= 11 is 6.45. The van der Waals surface area contributed by atoms with E-state index >= 15 is 0 Å². The molecule has 0 spiro atoms. The second-order valence-corrected chi connectivity index (χ2v) is 7.77. The fourth-order valence-electron chi connectivity index (χ4n) is 2.86. The van der Waals surface area contributed by atoms with E-state index in [4.69, 9.17) is 17.3 Å². The highest BCUT2D eigenvalue weighted by molar-refractivity contribution is 8.26. The maximum atomic E-state index is 12.6. The summed E-state index contributed by atoms with van der Waals surface area (Å²) in [6.07, 6.45) is 1.71. The van der Waals surface area contributed by atoms with Gasteiger partial charge in [-0.05, 0) is 23.1 Å². The third-order valence-corrected chi connectivity index (χ3v) is 5.50. The Kier molecular flexibility index (Phi) is 5.29. The van der Waals surface area contributed by atoms with Gasteiger partial charge in [0, 0.05) is 31.7 Å². The molecule has 0 bridgehead atoms. The lowest BCUT2D eigenvalue weighted by Gasteiger charge is -2.16. The number of hydrogen-bond donors (Lipinski definition) is 1. The number of carboxylic acids is 1. The third kappa shape index (κ3) is 3.59. The Balaban J connectivity index is 1.98. The van der Waals surface area contributed by atoms with Crippen LogP contribution < -0.4 is 4.90 Å². The van der Waals surface area contributed by atoms with Crippen molar-refractivity contribution in [2.75, 3.05) is 25.5 Å². The van der Waals surface area contributed by atoms with Crippen molar-refractivity contribution < 1.29 is 14.7 Å². The molecule has 1 heterocycles. The second kappa shape index (κ2) is 7.47. The van der Waals surface area contributed by atoms with Crippen LogP contribution in [-0.4, -0.2) is 46.8 Å². The van der Waals surface area contributed by atoms with E-state index in [-0.39, 0.29) is 18.9 Å². The molecule has 26 heavy (non-hydrogen) atoms. The number of carbonyl (C=O) groups is 2. The number of aliphatic carboxylic acids is 1. The molecule has 1 fully saturated rings. The molecule has 1 amide bonds. The standard InChI is InChI=1S/C19H18N2O3S2/c1-20(2)15-8-7-12(13-5-3-4-6-14(13)15)11-16-18(24)21(19(25)26-16)10-9-17(22)23/h3-8,11H,9-10H2,1-2H3,(H,22,23)/b16-11-. The van der Waals surface area contributed by atoms with Gasteiger partial charge >= 0.3 is 5.97 Å². The number of carboxylic acid groups (broad SMARTS) is 1. The van der Waals surface area contributed by atoms with Crippen molar-refractivity contribution in [2.45, 2.75) is 6.42 Å². The molecule has 0 saturated carbocycles. The van der Waals surface area contributed by atoms with E-state index in [1.807, 2.05) is 50.5 Å². The van der Waals surface area contributed by atoms with Crippen molar-refractivity contribution in [1.82, 2.24) is 4.90 Å². The Morgan fingerprint density at radius 1 is 1.23 bits per heavy atom. The average Bonchev–Trinajstić information content (AvgIpc) is 2.86. The highest BCUT2D eigenvalue weighted by Gasteiger charge is 2.32. The molecule has 1 N–H and O–H groups in total. The van der Waals surface area contributed by atoms with Crippen LogP contribution in [0.25, 0.3) is 16.8 Å². The van der Waals surface area contributed by atoms with Crippen LogP contribution in [0.4, 0.5) is 5.69 Å². The molecule has 0 aliphatic carbocycles. The second-order valence-electron chi connectivity index (χ2n) is 6.09. The Hall–Kier alpha value is -2.38. The summed E-state index contributed by atoms with van der Waals surface area (Å²) < 4.78 is 0.400. The average molecular weight is 386 g/mol. The molecule has 5 nitrogen and oxygen atoms in total. The molecule has 1 aliphatic heterocycles. The number of benzene rings is 2. The fourth-order valence-corrected chi connectivity index (χ4v) is 4.16. The molecule has 2 aromatic carbocycles. The number of thioether (sulfide) groups is 1. The molecule has 3 rings (SSSR count). The summed E-state index contributed by atoms with van der Waals surface area (Å²) in [4.78, 5) is 27.3. The van der Waals surface area contributed by atoms with E-state index in [2.05, 4.69) is 11.0 Å². The first kappa shape index (κ1) is 18.4. The van der Waals surface area contributed by atoms with Crippen LogP contribution in [-0.2, 0) is 9.59 Å². The van der Waals surface area contributed by atoms with E-state index < -0.39 is 5.97 Å². The number of thiocarbonyl (C=S) groups is 1. The van der Waals surface area contributed by atoms with Gasteiger partial charge in [0.25, 0.3) is 5.91 Å². The van der Waals surface area contributed by atoms with Gasteiger partial charge in [0.2, 0.25) is 0 Å². The minimum absolute atomic E-state index is 0.0949. The molecular formula is C19H18N2O3S2. The molecule has 2 aromatic rings. The number of fused-ring (bicyclic) bond motifs is 1. The highest BCUT2D eigenvalue weighted by Crippen LogP contribution is 2.35. The smallest absolute Gasteiger partial charge is 0.305 e. The van der Waals surface area contributed by atoms with Gasteiger partial charge in [0.15, 0.2) is 0 Å². The quantitative estimate of drug-likeness (QED) is 0.626. The van der Waals surface area contributed by atoms with Gasteiger partial charge in [-0.3, -0.25) is 14.5 Å². The van der Waals surface area contributed by atoms with Crippen molar-refractivity contribution in [3.8, 4) is 0 Å². The number of hydrogen-bond acceptors (Lipinski definition) is 5. The zero-order chi connectivity index (χ0) is 18.8. The fraction of sp³-hybridized carbons (Fsp3) is 0.211. The number of carbonyl (C=O) groups excluding carboxylic acids is 1. The Morgan fingerprint density at radius 3 is 2.58 bits per heavy atom. The summed E-state index contributed by atoms with van der Waals surface area (Å²) in [7, 11) is 3.99. The van der Waals surface area contributed by atoms with Crippen LogP contribution in [0.3, 0.4) is 0 Å². The SMILES string of the molecule is CN(C)c1ccc(/C=C2\SC(=S)N(CCC(=O)O)C2=O)c2ccccc12. The predicted molar refractivity (Wildman–Crippen MR) is 110 cm³/mol. The van der Waals surface area contributed by atoms with E-state index in [0.717, 1.165) is 22.0 Å². The van der Waals surface area contributed by atoms with E-state index in [0.29, 0.717) is 9.23 Å². The lowest BCUT2D eigenvalue weighted by Crippen LogP contribution is -2.30. The summed E-state index contributed by atoms with van der Waals surface area (Å²) in [5, 5.41) is 11.0. The molecule has 0 aromatic heterocycles. The van der Waals surface area contributed by atoms with Crippen LogP contribution in [0.1, 0.15) is 12.0 Å². The summed E-state index contributed by atoms with van der Waals surface area (Å²) in [6, 6.07) is 12.1. The van der Waals surface area contributed by atoms with E-state index in [1.165, 1.54) is 16.7 Å². The van der Waals surface area contributed by atoms with Crippen LogP contribution in [0.2, 0.25) is 0 Å². The monoisotopic (exact) mass is 386 g/mol. The highest BCUT2D eigenvalue weighted by atomic mass is 32.2. The Morgan fingerprint density at radius 2 is 1.92 bits per heavy atom. The molecular weight excluding hydrogens is 368 g/mol. The van der Waals surface area contributed by atoms with Gasteiger partial charge in [-0.15, -0.1) is 0 Å². The molecule has 0 atom stereocenters. The minimum atomic E-state index is -0.951. The molecule has 1 aliphatic rings. The zero-order valence-electron chi connectivity index (χ0n) is 14.4. The van der Waals surface area contributed by atoms with Crippen molar-refractivity contribution in [1.29, 1.82) is 0 Å². The molecule has 7 heteroatoms. The Bertz CT molecular complexity index is 938. The molecule has 0 radical (unpaired) electrons. The van der Waals surface area contributed by atoms with E-state index in [9.17, 15) is 9.59 Å². The third-order valence-electron chi connectivity index (χ3n) is 4.13. The minimum Gasteiger partial charge on any atom is -0.481 e. The summed E-state index contributed by atoms with van der Waals surface area (Å²) in [5.74, 6) is -1.18. The van der Waals surface area contributed by atoms with Crippen LogP contribution >= 0.6 is 24.0 Å². The van der Waals surface area contributed by atoms with E-state index in [1.54, 1.807) is 0 Å². The van der Waals surface area contributed by atoms with Crippen LogP contribution in [0.15, 0.2) is 41.3 Å². The number of rotatable bonds is 5. The van der Waals surface area contributed by atoms with Gasteiger partial charge in [-0.1, -0.05) is 54.3 Å². The topological polar surface area (TPSA) is 60.9 Å². The Labute approximate surface area is 161 Å². The first-order valence-corrected chi connectivity index (χ1v) is 9.27. The lowest BCUT2D eigenvalue weighted by molar-refractivity contribution is -0.137.